The first-order valence-corrected chi connectivity index (χ1v) is 10.7. The zero-order valence-electron chi connectivity index (χ0n) is 16.8. The zero-order valence-corrected chi connectivity index (χ0v) is 17.7. The number of hydrogen-bond acceptors (Lipinski definition) is 5. The van der Waals surface area contributed by atoms with E-state index in [9.17, 15) is 26.4 Å². The van der Waals surface area contributed by atoms with Gasteiger partial charge in [0.1, 0.15) is 4.90 Å². The van der Waals surface area contributed by atoms with Gasteiger partial charge < -0.3 is 4.90 Å². The maximum Gasteiger partial charge on any atom is 0.435 e. The number of rotatable bonds is 5. The Morgan fingerprint density at radius 1 is 1.17 bits per heavy atom. The van der Waals surface area contributed by atoms with Crippen LogP contribution in [-0.4, -0.2) is 69.3 Å². The van der Waals surface area contributed by atoms with Crippen molar-refractivity contribution < 1.29 is 26.4 Å². The molecule has 1 aliphatic rings. The van der Waals surface area contributed by atoms with E-state index in [1.165, 1.54) is 27.0 Å². The lowest BCUT2D eigenvalue weighted by Crippen LogP contribution is -2.50. The Labute approximate surface area is 172 Å². The molecule has 0 aliphatic carbocycles. The zero-order chi connectivity index (χ0) is 22.3. The summed E-state index contributed by atoms with van der Waals surface area (Å²) in [7, 11) is -2.05. The lowest BCUT2D eigenvalue weighted by atomic mass is 10.3. The molecule has 9 nitrogen and oxygen atoms in total. The smallest absolute Gasteiger partial charge is 0.340 e. The van der Waals surface area contributed by atoms with Crippen LogP contribution in [-0.2, 0) is 34.6 Å². The number of sulfonamides is 1. The minimum atomic E-state index is -4.53. The molecule has 0 aromatic carbocycles. The van der Waals surface area contributed by atoms with Gasteiger partial charge in [-0.05, 0) is 19.9 Å². The lowest BCUT2D eigenvalue weighted by Gasteiger charge is -2.34. The summed E-state index contributed by atoms with van der Waals surface area (Å²) in [6.45, 7) is 3.89. The summed E-state index contributed by atoms with van der Waals surface area (Å²) < 4.78 is 67.8. The van der Waals surface area contributed by atoms with Crippen molar-refractivity contribution in [1.29, 1.82) is 0 Å². The molecular weight excluding hydrogens is 425 g/mol. The second kappa shape index (κ2) is 8.02. The topological polar surface area (TPSA) is 93.3 Å². The number of carbonyl (C=O) groups is 1. The van der Waals surface area contributed by atoms with Crippen LogP contribution in [0.5, 0.6) is 0 Å². The van der Waals surface area contributed by atoms with E-state index in [1.54, 1.807) is 14.0 Å². The third kappa shape index (κ3) is 4.36. The summed E-state index contributed by atoms with van der Waals surface area (Å²) in [6, 6.07) is 0.939. The highest BCUT2D eigenvalue weighted by Gasteiger charge is 2.35. The van der Waals surface area contributed by atoms with Crippen LogP contribution >= 0.6 is 0 Å². The van der Waals surface area contributed by atoms with Gasteiger partial charge in [-0.15, -0.1) is 0 Å². The Morgan fingerprint density at radius 2 is 1.80 bits per heavy atom. The Bertz CT molecular complexity index is 1040. The number of piperazine rings is 1. The number of aryl methyl sites for hydroxylation is 3. The van der Waals surface area contributed by atoms with Gasteiger partial charge in [0.2, 0.25) is 15.9 Å². The maximum absolute atomic E-state index is 12.8. The Hall–Kier alpha value is -2.41. The molecule has 0 N–H and O–H groups in total. The fourth-order valence-corrected chi connectivity index (χ4v) is 4.89. The first-order valence-electron chi connectivity index (χ1n) is 9.29. The molecule has 3 heterocycles. The fourth-order valence-electron chi connectivity index (χ4n) is 3.28. The molecule has 0 bridgehead atoms. The largest absolute Gasteiger partial charge is 0.435 e. The second-order valence-electron chi connectivity index (χ2n) is 7.14. The monoisotopic (exact) mass is 448 g/mol. The predicted octanol–water partition coefficient (Wildman–Crippen LogP) is 1.18. The molecule has 1 amide bonds. The molecule has 1 fully saturated rings. The quantitative estimate of drug-likeness (QED) is 0.685. The molecule has 0 atom stereocenters. The van der Waals surface area contributed by atoms with Crippen molar-refractivity contribution in [3.8, 4) is 0 Å². The van der Waals surface area contributed by atoms with E-state index in [0.717, 1.165) is 10.7 Å². The molecule has 2 aromatic heterocycles. The average Bonchev–Trinajstić information content (AvgIpc) is 3.22. The number of aromatic nitrogens is 4. The standard InChI is InChI=1S/C17H23F3N6O3S/c1-12-10-15(17(18,19)20)22-26(12)5-4-16(27)24-6-8-25(9-7-24)30(28,29)14-11-21-23(3)13(14)2/h10-11H,4-9H2,1-3H3. The first kappa shape index (κ1) is 22.3. The Morgan fingerprint density at radius 3 is 2.30 bits per heavy atom. The van der Waals surface area contributed by atoms with E-state index < -0.39 is 21.9 Å². The van der Waals surface area contributed by atoms with Crippen LogP contribution in [0.2, 0.25) is 0 Å². The van der Waals surface area contributed by atoms with Gasteiger partial charge >= 0.3 is 6.18 Å². The molecule has 0 spiro atoms. The molecule has 0 radical (unpaired) electrons. The summed E-state index contributed by atoms with van der Waals surface area (Å²) in [6.07, 6.45) is -3.24. The average molecular weight is 448 g/mol. The van der Waals surface area contributed by atoms with Crippen LogP contribution in [0.4, 0.5) is 13.2 Å². The molecule has 1 aliphatic heterocycles. The predicted molar refractivity (Wildman–Crippen MR) is 99.9 cm³/mol. The van der Waals surface area contributed by atoms with Gasteiger partial charge in [0, 0.05) is 51.9 Å². The van der Waals surface area contributed by atoms with Crippen LogP contribution in [0.15, 0.2) is 17.2 Å². The molecular formula is C17H23F3N6O3S. The number of carbonyl (C=O) groups excluding carboxylic acids is 1. The summed E-state index contributed by atoms with van der Waals surface area (Å²) >= 11 is 0. The van der Waals surface area contributed by atoms with E-state index in [0.29, 0.717) is 11.4 Å². The van der Waals surface area contributed by atoms with Crippen LogP contribution in [0.25, 0.3) is 0 Å². The lowest BCUT2D eigenvalue weighted by molar-refractivity contribution is -0.141. The molecule has 3 rings (SSSR count). The third-order valence-corrected chi connectivity index (χ3v) is 7.21. The highest BCUT2D eigenvalue weighted by atomic mass is 32.2. The minimum absolute atomic E-state index is 0.0196. The highest BCUT2D eigenvalue weighted by molar-refractivity contribution is 7.89. The molecule has 1 saturated heterocycles. The SMILES string of the molecule is Cc1c(S(=O)(=O)N2CCN(C(=O)CCn3nc(C(F)(F)F)cc3C)CC2)cnn1C. The molecule has 0 saturated carbocycles. The van der Waals surface area contributed by atoms with E-state index >= 15 is 0 Å². The molecule has 30 heavy (non-hydrogen) atoms. The van der Waals surface area contributed by atoms with E-state index in [1.807, 2.05) is 0 Å². The molecule has 0 unspecified atom stereocenters. The van der Waals surface area contributed by atoms with Gasteiger partial charge in [-0.2, -0.15) is 27.7 Å². The summed E-state index contributed by atoms with van der Waals surface area (Å²) in [4.78, 5) is 14.1. The van der Waals surface area contributed by atoms with Crippen molar-refractivity contribution in [2.75, 3.05) is 26.2 Å². The molecule has 2 aromatic rings. The molecule has 13 heteroatoms. The van der Waals surface area contributed by atoms with Crippen molar-refractivity contribution in [3.63, 3.8) is 0 Å². The summed E-state index contributed by atoms with van der Waals surface area (Å²) in [5, 5.41) is 7.48. The summed E-state index contributed by atoms with van der Waals surface area (Å²) in [5.41, 5.74) is -0.142. The van der Waals surface area contributed by atoms with Gasteiger partial charge in [0.05, 0.1) is 11.9 Å². The van der Waals surface area contributed by atoms with Gasteiger partial charge in [-0.1, -0.05) is 0 Å². The van der Waals surface area contributed by atoms with E-state index in [-0.39, 0.29) is 49.9 Å². The van der Waals surface area contributed by atoms with Crippen molar-refractivity contribution in [3.05, 3.63) is 29.3 Å². The van der Waals surface area contributed by atoms with Crippen LogP contribution in [0, 0.1) is 13.8 Å². The van der Waals surface area contributed by atoms with Crippen molar-refractivity contribution in [2.45, 2.75) is 37.9 Å². The number of hydrogen-bond donors (Lipinski definition) is 0. The van der Waals surface area contributed by atoms with Crippen molar-refractivity contribution >= 4 is 15.9 Å². The van der Waals surface area contributed by atoms with E-state index in [2.05, 4.69) is 10.2 Å². The van der Waals surface area contributed by atoms with Gasteiger partial charge in [-0.25, -0.2) is 8.42 Å². The number of alkyl halides is 3. The van der Waals surface area contributed by atoms with Crippen LogP contribution in [0.1, 0.15) is 23.5 Å². The van der Waals surface area contributed by atoms with Gasteiger partial charge in [0.25, 0.3) is 0 Å². The normalized spacial score (nSPS) is 16.3. The number of amides is 1. The molecule has 166 valence electrons. The van der Waals surface area contributed by atoms with Crippen molar-refractivity contribution in [2.24, 2.45) is 7.05 Å². The number of halogens is 3. The second-order valence-corrected chi connectivity index (χ2v) is 9.05. The van der Waals surface area contributed by atoms with Crippen molar-refractivity contribution in [1.82, 2.24) is 28.8 Å². The highest BCUT2D eigenvalue weighted by Crippen LogP contribution is 2.28. The maximum atomic E-state index is 12.8. The number of nitrogens with zero attached hydrogens (tertiary/aromatic N) is 6. The van der Waals surface area contributed by atoms with Gasteiger partial charge in [-0.3, -0.25) is 14.2 Å². The Balaban J connectivity index is 1.57. The third-order valence-electron chi connectivity index (χ3n) is 5.21. The van der Waals surface area contributed by atoms with Crippen LogP contribution < -0.4 is 0 Å². The van der Waals surface area contributed by atoms with E-state index in [4.69, 9.17) is 0 Å². The summed E-state index contributed by atoms with van der Waals surface area (Å²) in [5.74, 6) is -0.256. The first-order chi connectivity index (χ1) is 13.9. The van der Waals surface area contributed by atoms with Crippen LogP contribution in [0.3, 0.4) is 0 Å². The van der Waals surface area contributed by atoms with Gasteiger partial charge in [0.15, 0.2) is 5.69 Å². The minimum Gasteiger partial charge on any atom is -0.340 e. The Kier molecular flexibility index (Phi) is 5.96. The fraction of sp³-hybridized carbons (Fsp3) is 0.588.